The molecule has 2 aromatic rings. The molecule has 0 fully saturated rings. The molecule has 4 heteroatoms. The van der Waals surface area contributed by atoms with E-state index in [-0.39, 0.29) is 0 Å². The lowest BCUT2D eigenvalue weighted by molar-refractivity contribution is 0.413. The van der Waals surface area contributed by atoms with Crippen molar-refractivity contribution < 1.29 is 4.74 Å². The summed E-state index contributed by atoms with van der Waals surface area (Å²) in [6, 6.07) is 5.72. The first-order valence-electron chi connectivity index (χ1n) is 3.50. The number of nitrogens with two attached hydrogens (primary N) is 1. The minimum Gasteiger partial charge on any atom is -0.473 e. The first-order chi connectivity index (χ1) is 5.81. The molecule has 0 aliphatic rings. The van der Waals surface area contributed by atoms with Gasteiger partial charge in [-0.2, -0.15) is 0 Å². The molecule has 2 N–H and O–H groups in total. The number of benzene rings is 1. The molecule has 0 bridgehead atoms. The Bertz CT molecular complexity index is 410. The van der Waals surface area contributed by atoms with Crippen molar-refractivity contribution in [2.45, 2.75) is 0 Å². The van der Waals surface area contributed by atoms with Crippen LogP contribution < -0.4 is 10.5 Å². The summed E-state index contributed by atoms with van der Waals surface area (Å²) in [7, 11) is 1.61. The number of methoxy groups -OCH3 is 1. The minimum atomic E-state index is 0.655. The van der Waals surface area contributed by atoms with E-state index in [1.54, 1.807) is 7.11 Å². The van der Waals surface area contributed by atoms with Gasteiger partial charge >= 0.3 is 0 Å². The number of nitrogens with zero attached hydrogens (tertiary/aromatic N) is 1. The summed E-state index contributed by atoms with van der Waals surface area (Å²) >= 11 is 1.50. The van der Waals surface area contributed by atoms with Crippen LogP contribution in [0.25, 0.3) is 10.2 Å². The lowest BCUT2D eigenvalue weighted by Gasteiger charge is -1.90. The standard InChI is InChI=1S/C8H8N2OS/c1-11-8-10-7-5(9)3-2-4-6(7)12-8/h2-4H,9H2,1H3. The average Bonchev–Trinajstić information content (AvgIpc) is 2.49. The third-order valence-electron chi connectivity index (χ3n) is 1.61. The third-order valence-corrected chi connectivity index (χ3v) is 2.59. The van der Waals surface area contributed by atoms with Gasteiger partial charge in [0.2, 0.25) is 0 Å². The Kier molecular flexibility index (Phi) is 1.62. The van der Waals surface area contributed by atoms with Gasteiger partial charge in [-0.05, 0) is 12.1 Å². The van der Waals surface area contributed by atoms with Crippen molar-refractivity contribution in [3.63, 3.8) is 0 Å². The molecular formula is C8H8N2OS. The highest BCUT2D eigenvalue weighted by atomic mass is 32.1. The molecule has 0 spiro atoms. The number of rotatable bonds is 1. The fourth-order valence-corrected chi connectivity index (χ4v) is 1.85. The highest BCUT2D eigenvalue weighted by molar-refractivity contribution is 7.20. The Morgan fingerprint density at radius 2 is 2.33 bits per heavy atom. The van der Waals surface area contributed by atoms with Gasteiger partial charge in [-0.3, -0.25) is 0 Å². The Labute approximate surface area is 73.8 Å². The molecule has 0 aliphatic carbocycles. The van der Waals surface area contributed by atoms with E-state index in [0.717, 1.165) is 10.2 Å². The molecule has 0 amide bonds. The Morgan fingerprint density at radius 1 is 1.50 bits per heavy atom. The number of ether oxygens (including phenoxy) is 1. The van der Waals surface area contributed by atoms with Crippen LogP contribution in [0.2, 0.25) is 0 Å². The van der Waals surface area contributed by atoms with Gasteiger partial charge in [-0.1, -0.05) is 17.4 Å². The van der Waals surface area contributed by atoms with E-state index in [4.69, 9.17) is 10.5 Å². The van der Waals surface area contributed by atoms with Crippen LogP contribution in [0.1, 0.15) is 0 Å². The van der Waals surface area contributed by atoms with Crippen LogP contribution in [0, 0.1) is 0 Å². The molecule has 0 atom stereocenters. The maximum Gasteiger partial charge on any atom is 0.274 e. The van der Waals surface area contributed by atoms with Crippen LogP contribution in [0.4, 0.5) is 5.69 Å². The van der Waals surface area contributed by atoms with E-state index in [1.165, 1.54) is 11.3 Å². The second-order valence-electron chi connectivity index (χ2n) is 2.38. The van der Waals surface area contributed by atoms with Crippen LogP contribution in [-0.4, -0.2) is 12.1 Å². The SMILES string of the molecule is COc1nc2c(N)cccc2s1. The highest BCUT2D eigenvalue weighted by Crippen LogP contribution is 2.30. The Hall–Kier alpha value is -1.29. The van der Waals surface area contributed by atoms with E-state index < -0.39 is 0 Å². The predicted octanol–water partition coefficient (Wildman–Crippen LogP) is 1.89. The zero-order valence-corrected chi connectivity index (χ0v) is 7.39. The fourth-order valence-electron chi connectivity index (χ4n) is 1.04. The second-order valence-corrected chi connectivity index (χ2v) is 3.37. The number of fused-ring (bicyclic) bond motifs is 1. The topological polar surface area (TPSA) is 48.1 Å². The van der Waals surface area contributed by atoms with Crippen LogP contribution in [0.3, 0.4) is 0 Å². The first kappa shape index (κ1) is 7.36. The van der Waals surface area contributed by atoms with E-state index in [1.807, 2.05) is 18.2 Å². The van der Waals surface area contributed by atoms with E-state index in [2.05, 4.69) is 4.98 Å². The lowest BCUT2D eigenvalue weighted by atomic mass is 10.3. The number of hydrogen-bond donors (Lipinski definition) is 1. The van der Waals surface area contributed by atoms with Crippen molar-refractivity contribution in [1.82, 2.24) is 4.98 Å². The molecule has 62 valence electrons. The molecule has 0 unspecified atom stereocenters. The highest BCUT2D eigenvalue weighted by Gasteiger charge is 2.04. The molecule has 3 nitrogen and oxygen atoms in total. The van der Waals surface area contributed by atoms with Gasteiger partial charge in [-0.25, -0.2) is 4.98 Å². The summed E-state index contributed by atoms with van der Waals surface area (Å²) < 4.78 is 6.07. The maximum atomic E-state index is 5.71. The number of thiazole rings is 1. The number of aromatic nitrogens is 1. The summed E-state index contributed by atoms with van der Waals surface area (Å²) in [5.74, 6) is 0. The van der Waals surface area contributed by atoms with Crippen molar-refractivity contribution in [3.05, 3.63) is 18.2 Å². The normalized spacial score (nSPS) is 10.4. The summed E-state index contributed by atoms with van der Waals surface area (Å²) in [5, 5.41) is 0.655. The van der Waals surface area contributed by atoms with E-state index in [0.29, 0.717) is 10.9 Å². The predicted molar refractivity (Wildman–Crippen MR) is 50.6 cm³/mol. The Balaban J connectivity index is 2.74. The van der Waals surface area contributed by atoms with Gasteiger partial charge in [0.05, 0.1) is 17.5 Å². The van der Waals surface area contributed by atoms with Crippen LogP contribution >= 0.6 is 11.3 Å². The van der Waals surface area contributed by atoms with Gasteiger partial charge in [0.25, 0.3) is 5.19 Å². The van der Waals surface area contributed by atoms with Gasteiger partial charge in [0.15, 0.2) is 0 Å². The van der Waals surface area contributed by atoms with Crippen LogP contribution in [0.15, 0.2) is 18.2 Å². The molecule has 1 aromatic heterocycles. The maximum absolute atomic E-state index is 5.71. The summed E-state index contributed by atoms with van der Waals surface area (Å²) in [5.41, 5.74) is 7.25. The number of hydrogen-bond acceptors (Lipinski definition) is 4. The zero-order valence-electron chi connectivity index (χ0n) is 6.57. The second kappa shape index (κ2) is 2.64. The molecule has 0 saturated heterocycles. The number of nitrogen functional groups attached to an aromatic ring is 1. The third kappa shape index (κ3) is 1.00. The summed E-state index contributed by atoms with van der Waals surface area (Å²) in [6.07, 6.45) is 0. The summed E-state index contributed by atoms with van der Waals surface area (Å²) in [6.45, 7) is 0. The van der Waals surface area contributed by atoms with Gasteiger partial charge in [-0.15, -0.1) is 0 Å². The van der Waals surface area contributed by atoms with Crippen molar-refractivity contribution in [2.75, 3.05) is 12.8 Å². The van der Waals surface area contributed by atoms with Gasteiger partial charge < -0.3 is 10.5 Å². The molecule has 2 rings (SSSR count). The molecule has 0 radical (unpaired) electrons. The number of para-hydroxylation sites is 1. The smallest absolute Gasteiger partial charge is 0.274 e. The van der Waals surface area contributed by atoms with Crippen molar-refractivity contribution in [1.29, 1.82) is 0 Å². The lowest BCUT2D eigenvalue weighted by Crippen LogP contribution is -1.85. The molecular weight excluding hydrogens is 172 g/mol. The number of anilines is 1. The minimum absolute atomic E-state index is 0.655. The summed E-state index contributed by atoms with van der Waals surface area (Å²) in [4.78, 5) is 4.20. The average molecular weight is 180 g/mol. The molecule has 1 aromatic carbocycles. The Morgan fingerprint density at radius 3 is 3.00 bits per heavy atom. The van der Waals surface area contributed by atoms with E-state index in [9.17, 15) is 0 Å². The van der Waals surface area contributed by atoms with Crippen molar-refractivity contribution >= 4 is 27.2 Å². The van der Waals surface area contributed by atoms with E-state index >= 15 is 0 Å². The largest absolute Gasteiger partial charge is 0.473 e. The molecule has 0 aliphatic heterocycles. The molecule has 1 heterocycles. The zero-order chi connectivity index (χ0) is 8.55. The quantitative estimate of drug-likeness (QED) is 0.682. The molecule has 12 heavy (non-hydrogen) atoms. The first-order valence-corrected chi connectivity index (χ1v) is 4.32. The van der Waals surface area contributed by atoms with Gasteiger partial charge in [0, 0.05) is 0 Å². The van der Waals surface area contributed by atoms with Crippen molar-refractivity contribution in [3.8, 4) is 5.19 Å². The van der Waals surface area contributed by atoms with Crippen molar-refractivity contribution in [2.24, 2.45) is 0 Å². The van der Waals surface area contributed by atoms with Gasteiger partial charge in [0.1, 0.15) is 5.52 Å². The fraction of sp³-hybridized carbons (Fsp3) is 0.125. The monoisotopic (exact) mass is 180 g/mol. The van der Waals surface area contributed by atoms with Crippen LogP contribution in [-0.2, 0) is 0 Å². The van der Waals surface area contributed by atoms with Crippen LogP contribution in [0.5, 0.6) is 5.19 Å². The molecule has 0 saturated carbocycles.